The second kappa shape index (κ2) is 4.88. The predicted octanol–water partition coefficient (Wildman–Crippen LogP) is 3.01. The van der Waals surface area contributed by atoms with E-state index < -0.39 is 17.5 Å². The molecule has 0 aliphatic carbocycles. The zero-order chi connectivity index (χ0) is 10.7. The summed E-state index contributed by atoms with van der Waals surface area (Å²) in [6, 6.07) is 1.53. The Morgan fingerprint density at radius 3 is 2.29 bits per heavy atom. The van der Waals surface area contributed by atoms with Crippen LogP contribution in [0, 0.1) is 17.5 Å². The fourth-order valence-electron chi connectivity index (χ4n) is 1.12. The normalized spacial score (nSPS) is 12.9. The second-order valence-corrected chi connectivity index (χ2v) is 5.09. The van der Waals surface area contributed by atoms with E-state index in [9.17, 15) is 13.2 Å². The van der Waals surface area contributed by atoms with Crippen LogP contribution >= 0.6 is 0 Å². The van der Waals surface area contributed by atoms with Crippen LogP contribution in [0.2, 0.25) is 4.71 Å². The fraction of sp³-hybridized carbons (Fsp3) is 0.400. The Kier molecular flexibility index (Phi) is 4.06. The summed E-state index contributed by atoms with van der Waals surface area (Å²) in [4.78, 5) is 0. The van der Waals surface area contributed by atoms with Crippen LogP contribution in [0.15, 0.2) is 12.1 Å². The molecule has 0 fully saturated rings. The van der Waals surface area contributed by atoms with E-state index in [0.717, 1.165) is 12.5 Å². The summed E-state index contributed by atoms with van der Waals surface area (Å²) < 4.78 is 38.7. The van der Waals surface area contributed by atoms with Gasteiger partial charge in [0.25, 0.3) is 0 Å². The Hall–Kier alpha value is -0.432. The molecule has 0 aliphatic rings. The molecule has 0 bridgehead atoms. The summed E-state index contributed by atoms with van der Waals surface area (Å²) in [5.74, 6) is -2.79. The Labute approximate surface area is 90.0 Å². The Bertz CT molecular complexity index is 323. The molecule has 2 radical (unpaired) electrons. The molecule has 0 aliphatic heterocycles. The van der Waals surface area contributed by atoms with Gasteiger partial charge < -0.3 is 0 Å². The van der Waals surface area contributed by atoms with Crippen LogP contribution in [0.1, 0.15) is 18.9 Å². The first-order valence-corrected chi connectivity index (χ1v) is 5.40. The number of rotatable bonds is 3. The van der Waals surface area contributed by atoms with Crippen molar-refractivity contribution in [2.45, 2.75) is 24.5 Å². The first-order valence-electron chi connectivity index (χ1n) is 4.32. The first-order chi connectivity index (χ1) is 6.50. The maximum absolute atomic E-state index is 13.1. The van der Waals surface area contributed by atoms with Crippen molar-refractivity contribution in [2.75, 3.05) is 0 Å². The third-order valence-corrected chi connectivity index (χ3v) is 2.46. The minimum atomic E-state index is -1.13. The molecule has 0 amide bonds. The van der Waals surface area contributed by atoms with Gasteiger partial charge in [0.2, 0.25) is 0 Å². The van der Waals surface area contributed by atoms with Crippen LogP contribution < -0.4 is 0 Å². The van der Waals surface area contributed by atoms with E-state index >= 15 is 0 Å². The fourth-order valence-corrected chi connectivity index (χ4v) is 1.39. The molecule has 0 nitrogen and oxygen atoms in total. The third kappa shape index (κ3) is 3.05. The number of halogens is 3. The van der Waals surface area contributed by atoms with Gasteiger partial charge in [0.05, 0.1) is 0 Å². The standard InChI is InChI=1S/C10H10AsF3/c1-6(11)2-3-7-4-9(13)10(14)5-8(7)12/h4-6H,2-3H2,1H3. The average Bonchev–Trinajstić information content (AvgIpc) is 2.09. The van der Waals surface area contributed by atoms with Crippen LogP contribution in [-0.2, 0) is 6.42 Å². The molecule has 0 N–H and O–H groups in total. The van der Waals surface area contributed by atoms with Crippen molar-refractivity contribution in [3.05, 3.63) is 35.1 Å². The number of hydrogen-bond donors (Lipinski definition) is 0. The molecule has 76 valence electrons. The van der Waals surface area contributed by atoms with Gasteiger partial charge in [0.15, 0.2) is 0 Å². The average molecular weight is 262 g/mol. The Balaban J connectivity index is 2.82. The summed E-state index contributed by atoms with van der Waals surface area (Å²) in [5.41, 5.74) is 0.238. The Morgan fingerprint density at radius 2 is 1.71 bits per heavy atom. The zero-order valence-electron chi connectivity index (χ0n) is 7.73. The van der Waals surface area contributed by atoms with Crippen LogP contribution in [0.4, 0.5) is 13.2 Å². The van der Waals surface area contributed by atoms with E-state index in [1.54, 1.807) is 0 Å². The molecule has 0 heterocycles. The molecule has 1 rings (SSSR count). The van der Waals surface area contributed by atoms with Crippen molar-refractivity contribution in [1.29, 1.82) is 0 Å². The van der Waals surface area contributed by atoms with Crippen LogP contribution in [0.3, 0.4) is 0 Å². The van der Waals surface area contributed by atoms with Crippen molar-refractivity contribution in [2.24, 2.45) is 0 Å². The number of hydrogen-bond acceptors (Lipinski definition) is 0. The molecule has 0 spiro atoms. The van der Waals surface area contributed by atoms with E-state index in [2.05, 4.69) is 16.9 Å². The predicted molar refractivity (Wildman–Crippen MR) is 49.8 cm³/mol. The van der Waals surface area contributed by atoms with Gasteiger partial charge in [-0.25, -0.2) is 0 Å². The van der Waals surface area contributed by atoms with Crippen molar-refractivity contribution in [3.8, 4) is 0 Å². The van der Waals surface area contributed by atoms with E-state index in [0.29, 0.717) is 17.2 Å². The number of aryl methyl sites for hydroxylation is 1. The summed E-state index contributed by atoms with van der Waals surface area (Å²) >= 11 is 2.43. The summed E-state index contributed by atoms with van der Waals surface area (Å²) in [6.45, 7) is 1.97. The molecular weight excluding hydrogens is 252 g/mol. The van der Waals surface area contributed by atoms with E-state index in [1.165, 1.54) is 0 Å². The summed E-state index contributed by atoms with van der Waals surface area (Å²) in [5, 5.41) is 0. The van der Waals surface area contributed by atoms with Gasteiger partial charge in [-0.1, -0.05) is 0 Å². The van der Waals surface area contributed by atoms with E-state index in [-0.39, 0.29) is 5.56 Å². The molecule has 0 aromatic heterocycles. The van der Waals surface area contributed by atoms with Gasteiger partial charge in [-0.2, -0.15) is 0 Å². The first kappa shape index (κ1) is 11.6. The number of benzene rings is 1. The monoisotopic (exact) mass is 262 g/mol. The van der Waals surface area contributed by atoms with Gasteiger partial charge in [-0.05, 0) is 0 Å². The van der Waals surface area contributed by atoms with Crippen molar-refractivity contribution < 1.29 is 13.2 Å². The molecule has 1 aromatic carbocycles. The molecule has 14 heavy (non-hydrogen) atoms. The van der Waals surface area contributed by atoms with E-state index in [4.69, 9.17) is 0 Å². The zero-order valence-corrected chi connectivity index (χ0v) is 9.60. The third-order valence-electron chi connectivity index (χ3n) is 1.92. The molecule has 1 aromatic rings. The molecule has 4 heteroatoms. The summed E-state index contributed by atoms with van der Waals surface area (Å²) in [6.07, 6.45) is 1.17. The van der Waals surface area contributed by atoms with Gasteiger partial charge >= 0.3 is 89.6 Å². The van der Waals surface area contributed by atoms with Crippen molar-refractivity contribution in [3.63, 3.8) is 0 Å². The van der Waals surface area contributed by atoms with Gasteiger partial charge in [0, 0.05) is 0 Å². The quantitative estimate of drug-likeness (QED) is 0.580. The maximum atomic E-state index is 13.1. The molecular formula is C10H10AsF3. The van der Waals surface area contributed by atoms with Crippen molar-refractivity contribution in [1.82, 2.24) is 0 Å². The minimum absolute atomic E-state index is 0.238. The molecule has 0 saturated heterocycles. The van der Waals surface area contributed by atoms with Crippen LogP contribution in [-0.4, -0.2) is 16.9 Å². The van der Waals surface area contributed by atoms with Gasteiger partial charge in [-0.3, -0.25) is 0 Å². The SMILES string of the molecule is CC([As])CCc1cc(F)c(F)cc1F. The summed E-state index contributed by atoms with van der Waals surface area (Å²) in [7, 11) is 0. The van der Waals surface area contributed by atoms with Crippen molar-refractivity contribution >= 4 is 16.9 Å². The second-order valence-electron chi connectivity index (χ2n) is 3.25. The molecule has 0 saturated carbocycles. The van der Waals surface area contributed by atoms with E-state index in [1.807, 2.05) is 6.92 Å². The molecule has 1 unspecified atom stereocenters. The topological polar surface area (TPSA) is 0 Å². The van der Waals surface area contributed by atoms with Crippen LogP contribution in [0.5, 0.6) is 0 Å². The van der Waals surface area contributed by atoms with Gasteiger partial charge in [0.1, 0.15) is 0 Å². The molecule has 1 atom stereocenters. The van der Waals surface area contributed by atoms with Gasteiger partial charge in [-0.15, -0.1) is 0 Å². The Morgan fingerprint density at radius 1 is 1.14 bits per heavy atom. The van der Waals surface area contributed by atoms with Crippen LogP contribution in [0.25, 0.3) is 0 Å².